The van der Waals surface area contributed by atoms with Gasteiger partial charge in [-0.1, -0.05) is 41.5 Å². The molecule has 0 bridgehead atoms. The molecular formula is C15H19BrN2OS. The van der Waals surface area contributed by atoms with Gasteiger partial charge in [-0.3, -0.25) is 4.99 Å². The highest BCUT2D eigenvalue weighted by Gasteiger charge is 2.23. The second kappa shape index (κ2) is 5.98. The lowest BCUT2D eigenvalue weighted by atomic mass is 10.1. The fourth-order valence-corrected chi connectivity index (χ4v) is 4.23. The van der Waals surface area contributed by atoms with Crippen LogP contribution in [0.2, 0.25) is 0 Å². The number of aliphatic imine (C=N–C) groups is 1. The first kappa shape index (κ1) is 14.3. The zero-order valence-corrected chi connectivity index (χ0v) is 14.2. The summed E-state index contributed by atoms with van der Waals surface area (Å²) in [6, 6.07) is 4.81. The molecule has 1 atom stereocenters. The van der Waals surface area contributed by atoms with E-state index in [1.54, 1.807) is 0 Å². The van der Waals surface area contributed by atoms with Gasteiger partial charge in [-0.15, -0.1) is 0 Å². The van der Waals surface area contributed by atoms with Crippen molar-refractivity contribution in [3.05, 3.63) is 27.7 Å². The summed E-state index contributed by atoms with van der Waals surface area (Å²) < 4.78 is 6.86. The van der Waals surface area contributed by atoms with Crippen molar-refractivity contribution in [2.45, 2.75) is 32.9 Å². The largest absolute Gasteiger partial charge is 0.493 e. The molecule has 1 fully saturated rings. The molecule has 1 aromatic rings. The second-order valence-corrected chi connectivity index (χ2v) is 7.50. The summed E-state index contributed by atoms with van der Waals surface area (Å²) in [6.07, 6.45) is 1.00. The summed E-state index contributed by atoms with van der Waals surface area (Å²) in [5.41, 5.74) is 2.47. The maximum atomic E-state index is 5.74. The first-order valence-corrected chi connectivity index (χ1v) is 8.79. The minimum absolute atomic E-state index is 0.545. The third kappa shape index (κ3) is 2.98. The number of amidine groups is 1. The first-order valence-electron chi connectivity index (χ1n) is 7.01. The number of hydrogen-bond donors (Lipinski definition) is 1. The van der Waals surface area contributed by atoms with Crippen LogP contribution in [0.3, 0.4) is 0 Å². The van der Waals surface area contributed by atoms with Crippen molar-refractivity contribution in [1.82, 2.24) is 5.32 Å². The zero-order chi connectivity index (χ0) is 14.1. The van der Waals surface area contributed by atoms with Gasteiger partial charge in [0, 0.05) is 28.3 Å². The number of ether oxygens (including phenoxy) is 1. The summed E-state index contributed by atoms with van der Waals surface area (Å²) in [4.78, 5) is 4.71. The van der Waals surface area contributed by atoms with Gasteiger partial charge in [0.1, 0.15) is 5.75 Å². The molecular weight excluding hydrogens is 336 g/mol. The third-order valence-electron chi connectivity index (χ3n) is 3.73. The number of halogens is 1. The molecule has 0 aromatic heterocycles. The molecule has 20 heavy (non-hydrogen) atoms. The second-order valence-electron chi connectivity index (χ2n) is 5.58. The Balaban J connectivity index is 1.73. The standard InChI is InChI=1S/C15H19BrN2OS/c1-9(2)13-8-20-15(18-13)17-7-11-6-12(16)5-10-3-4-19-14(10)11/h5-6,9,13H,3-4,7-8H2,1-2H3,(H,17,18). The van der Waals surface area contributed by atoms with Crippen LogP contribution in [-0.2, 0) is 13.0 Å². The normalized spacial score (nSPS) is 23.0. The molecule has 0 saturated carbocycles. The van der Waals surface area contributed by atoms with Crippen LogP contribution in [-0.4, -0.2) is 23.6 Å². The number of hydrogen-bond acceptors (Lipinski definition) is 3. The SMILES string of the molecule is CC(C)C1CSC(=NCc2cc(Br)cc3c2OCC3)N1. The molecule has 1 aromatic carbocycles. The number of nitrogens with one attached hydrogen (secondary N) is 1. The van der Waals surface area contributed by atoms with Crippen molar-refractivity contribution in [2.75, 3.05) is 12.4 Å². The van der Waals surface area contributed by atoms with Crippen LogP contribution in [0.15, 0.2) is 21.6 Å². The van der Waals surface area contributed by atoms with E-state index in [0.29, 0.717) is 18.5 Å². The van der Waals surface area contributed by atoms with E-state index >= 15 is 0 Å². The zero-order valence-electron chi connectivity index (χ0n) is 11.8. The van der Waals surface area contributed by atoms with Gasteiger partial charge in [-0.05, 0) is 23.6 Å². The van der Waals surface area contributed by atoms with Crippen LogP contribution in [0.5, 0.6) is 5.75 Å². The molecule has 5 heteroatoms. The van der Waals surface area contributed by atoms with Crippen molar-refractivity contribution in [1.29, 1.82) is 0 Å². The molecule has 2 aliphatic rings. The number of rotatable bonds is 3. The van der Waals surface area contributed by atoms with E-state index in [4.69, 9.17) is 9.73 Å². The Labute approximate surface area is 132 Å². The molecule has 0 spiro atoms. The maximum absolute atomic E-state index is 5.74. The summed E-state index contributed by atoms with van der Waals surface area (Å²) in [6.45, 7) is 5.96. The summed E-state index contributed by atoms with van der Waals surface area (Å²) >= 11 is 5.39. The van der Waals surface area contributed by atoms with E-state index < -0.39 is 0 Å². The smallest absolute Gasteiger partial charge is 0.157 e. The lowest BCUT2D eigenvalue weighted by molar-refractivity contribution is 0.353. The van der Waals surface area contributed by atoms with Crippen molar-refractivity contribution >= 4 is 32.9 Å². The topological polar surface area (TPSA) is 33.6 Å². The summed E-state index contributed by atoms with van der Waals surface area (Å²) in [5, 5.41) is 4.57. The van der Waals surface area contributed by atoms with Crippen LogP contribution in [0.1, 0.15) is 25.0 Å². The van der Waals surface area contributed by atoms with Crippen LogP contribution in [0, 0.1) is 5.92 Å². The van der Waals surface area contributed by atoms with Gasteiger partial charge >= 0.3 is 0 Å². The lowest BCUT2D eigenvalue weighted by Gasteiger charge is -2.13. The van der Waals surface area contributed by atoms with E-state index in [-0.39, 0.29) is 0 Å². The Morgan fingerprint density at radius 2 is 2.35 bits per heavy atom. The maximum Gasteiger partial charge on any atom is 0.157 e. The molecule has 108 valence electrons. The number of fused-ring (bicyclic) bond motifs is 1. The van der Waals surface area contributed by atoms with Gasteiger partial charge in [-0.2, -0.15) is 0 Å². The number of nitrogens with zero attached hydrogens (tertiary/aromatic N) is 1. The quantitative estimate of drug-likeness (QED) is 0.900. The average molecular weight is 355 g/mol. The summed E-state index contributed by atoms with van der Waals surface area (Å²) in [7, 11) is 0. The first-order chi connectivity index (χ1) is 9.63. The Bertz CT molecular complexity index is 545. The minimum atomic E-state index is 0.545. The molecule has 3 rings (SSSR count). The van der Waals surface area contributed by atoms with Gasteiger partial charge in [0.25, 0.3) is 0 Å². The molecule has 1 unspecified atom stereocenters. The van der Waals surface area contributed by atoms with Crippen molar-refractivity contribution in [2.24, 2.45) is 10.9 Å². The fourth-order valence-electron chi connectivity index (χ4n) is 2.48. The Hall–Kier alpha value is -0.680. The van der Waals surface area contributed by atoms with Crippen LogP contribution >= 0.6 is 27.7 Å². The molecule has 0 amide bonds. The molecule has 1 saturated heterocycles. The van der Waals surface area contributed by atoms with E-state index in [1.165, 1.54) is 11.1 Å². The lowest BCUT2D eigenvalue weighted by Crippen LogP contribution is -2.31. The Kier molecular flexibility index (Phi) is 4.26. The fraction of sp³-hybridized carbons (Fsp3) is 0.533. The van der Waals surface area contributed by atoms with Crippen molar-refractivity contribution in [3.63, 3.8) is 0 Å². The molecule has 1 N–H and O–H groups in total. The Morgan fingerprint density at radius 1 is 1.50 bits per heavy atom. The van der Waals surface area contributed by atoms with E-state index in [2.05, 4.69) is 47.2 Å². The molecule has 0 radical (unpaired) electrons. The molecule has 2 heterocycles. The van der Waals surface area contributed by atoms with Gasteiger partial charge in [0.2, 0.25) is 0 Å². The highest BCUT2D eigenvalue weighted by Crippen LogP contribution is 2.33. The van der Waals surface area contributed by atoms with Gasteiger partial charge in [-0.25, -0.2) is 0 Å². The predicted octanol–water partition coefficient (Wildman–Crippen LogP) is 3.60. The van der Waals surface area contributed by atoms with Crippen molar-refractivity contribution < 1.29 is 4.74 Å². The van der Waals surface area contributed by atoms with Crippen molar-refractivity contribution in [3.8, 4) is 5.75 Å². The summed E-state index contributed by atoms with van der Waals surface area (Å²) in [5.74, 6) is 2.80. The molecule has 0 aliphatic carbocycles. The minimum Gasteiger partial charge on any atom is -0.493 e. The van der Waals surface area contributed by atoms with Crippen LogP contribution < -0.4 is 10.1 Å². The average Bonchev–Trinajstić information content (AvgIpc) is 3.04. The van der Waals surface area contributed by atoms with Gasteiger partial charge in [0.05, 0.1) is 13.2 Å². The van der Waals surface area contributed by atoms with Crippen LogP contribution in [0.25, 0.3) is 0 Å². The third-order valence-corrected chi connectivity index (χ3v) is 5.24. The highest BCUT2D eigenvalue weighted by molar-refractivity contribution is 9.10. The van der Waals surface area contributed by atoms with Crippen LogP contribution in [0.4, 0.5) is 0 Å². The van der Waals surface area contributed by atoms with E-state index in [9.17, 15) is 0 Å². The predicted molar refractivity (Wildman–Crippen MR) is 88.7 cm³/mol. The van der Waals surface area contributed by atoms with E-state index in [0.717, 1.165) is 34.2 Å². The van der Waals surface area contributed by atoms with Gasteiger partial charge in [0.15, 0.2) is 5.17 Å². The molecule has 3 nitrogen and oxygen atoms in total. The number of benzene rings is 1. The van der Waals surface area contributed by atoms with Gasteiger partial charge < -0.3 is 10.1 Å². The number of thioether (sulfide) groups is 1. The molecule has 2 aliphatic heterocycles. The van der Waals surface area contributed by atoms with E-state index in [1.807, 2.05) is 11.8 Å². The Morgan fingerprint density at radius 3 is 3.10 bits per heavy atom. The highest BCUT2D eigenvalue weighted by atomic mass is 79.9. The monoisotopic (exact) mass is 354 g/mol.